The third kappa shape index (κ3) is 7.37. The zero-order valence-corrected chi connectivity index (χ0v) is 19.9. The quantitative estimate of drug-likeness (QED) is 0.256. The van der Waals surface area contributed by atoms with Crippen LogP contribution < -0.4 is 15.4 Å². The molecule has 6 nitrogen and oxygen atoms in total. The molecule has 160 valence electrons. The molecule has 0 spiro atoms. The Labute approximate surface area is 195 Å². The van der Waals surface area contributed by atoms with Gasteiger partial charge >= 0.3 is 0 Å². The average molecular weight is 519 g/mol. The fourth-order valence-corrected chi connectivity index (χ4v) is 3.03. The van der Waals surface area contributed by atoms with Gasteiger partial charge in [-0.25, -0.2) is 9.98 Å². The summed E-state index contributed by atoms with van der Waals surface area (Å²) in [5, 5.41) is 6.70. The number of guanidine groups is 1. The standard InChI is InChI=1S/C23H29N5O.HI/c1-3-24-23(27-17-19-9-11-21(29-2)12-10-19)26-14-13-22-25-15-16-28(22)18-20-7-5-4-6-8-20;/h4-12,15-16H,3,13-14,17-18H2,1-2H3,(H2,24,26,27);1H. The number of benzene rings is 2. The van der Waals surface area contributed by atoms with Crippen molar-refractivity contribution in [3.05, 3.63) is 83.9 Å². The lowest BCUT2D eigenvalue weighted by molar-refractivity contribution is 0.414. The minimum absolute atomic E-state index is 0. The van der Waals surface area contributed by atoms with Gasteiger partial charge in [0.25, 0.3) is 0 Å². The molecule has 0 atom stereocenters. The first-order valence-corrected chi connectivity index (χ1v) is 9.97. The van der Waals surface area contributed by atoms with E-state index in [-0.39, 0.29) is 24.0 Å². The average Bonchev–Trinajstić information content (AvgIpc) is 3.20. The van der Waals surface area contributed by atoms with Crippen LogP contribution in [0.1, 0.15) is 23.9 Å². The van der Waals surface area contributed by atoms with E-state index < -0.39 is 0 Å². The fourth-order valence-electron chi connectivity index (χ4n) is 3.03. The second kappa shape index (κ2) is 12.9. The SMILES string of the molecule is CCNC(=NCc1ccc(OC)cc1)NCCc1nccn1Cc1ccccc1.I. The highest BCUT2D eigenvalue weighted by molar-refractivity contribution is 14.0. The molecule has 2 N–H and O–H groups in total. The van der Waals surface area contributed by atoms with E-state index in [1.807, 2.05) is 42.7 Å². The Morgan fingerprint density at radius 3 is 2.50 bits per heavy atom. The number of methoxy groups -OCH3 is 1. The summed E-state index contributed by atoms with van der Waals surface area (Å²) in [5.41, 5.74) is 2.41. The zero-order chi connectivity index (χ0) is 20.3. The largest absolute Gasteiger partial charge is 0.497 e. The van der Waals surface area contributed by atoms with Crippen LogP contribution in [0.4, 0.5) is 0 Å². The number of aliphatic imine (C=N–C) groups is 1. The number of rotatable bonds is 9. The van der Waals surface area contributed by atoms with Gasteiger partial charge in [0.05, 0.1) is 13.7 Å². The lowest BCUT2D eigenvalue weighted by Gasteiger charge is -2.12. The molecule has 0 saturated carbocycles. The normalized spacial score (nSPS) is 10.9. The Kier molecular flexibility index (Phi) is 10.2. The molecule has 3 aromatic rings. The number of hydrogen-bond donors (Lipinski definition) is 2. The molecule has 1 heterocycles. The molecule has 7 heteroatoms. The highest BCUT2D eigenvalue weighted by Crippen LogP contribution is 2.11. The molecule has 0 amide bonds. The van der Waals surface area contributed by atoms with Gasteiger partial charge in [-0.1, -0.05) is 42.5 Å². The highest BCUT2D eigenvalue weighted by atomic mass is 127. The van der Waals surface area contributed by atoms with E-state index in [0.717, 1.165) is 49.2 Å². The van der Waals surface area contributed by atoms with E-state index in [1.54, 1.807) is 7.11 Å². The maximum Gasteiger partial charge on any atom is 0.191 e. The molecule has 30 heavy (non-hydrogen) atoms. The van der Waals surface area contributed by atoms with Crippen molar-refractivity contribution in [1.82, 2.24) is 20.2 Å². The van der Waals surface area contributed by atoms with Crippen molar-refractivity contribution in [3.63, 3.8) is 0 Å². The van der Waals surface area contributed by atoms with Crippen LogP contribution in [-0.2, 0) is 19.5 Å². The first-order chi connectivity index (χ1) is 14.3. The van der Waals surface area contributed by atoms with E-state index in [0.29, 0.717) is 6.54 Å². The van der Waals surface area contributed by atoms with Crippen molar-refractivity contribution in [2.75, 3.05) is 20.2 Å². The molecule has 3 rings (SSSR count). The zero-order valence-electron chi connectivity index (χ0n) is 17.5. The summed E-state index contributed by atoms with van der Waals surface area (Å²) in [6, 6.07) is 18.4. The first kappa shape index (κ1) is 23.7. The van der Waals surface area contributed by atoms with Crippen LogP contribution >= 0.6 is 24.0 Å². The number of hydrogen-bond acceptors (Lipinski definition) is 3. The van der Waals surface area contributed by atoms with Crippen LogP contribution in [0.2, 0.25) is 0 Å². The number of nitrogens with one attached hydrogen (secondary N) is 2. The molecule has 0 aliphatic rings. The van der Waals surface area contributed by atoms with E-state index in [2.05, 4.69) is 56.4 Å². The number of ether oxygens (including phenoxy) is 1. The molecule has 0 unspecified atom stereocenters. The minimum Gasteiger partial charge on any atom is -0.497 e. The summed E-state index contributed by atoms with van der Waals surface area (Å²) in [5.74, 6) is 2.73. The predicted octanol–water partition coefficient (Wildman–Crippen LogP) is 3.86. The van der Waals surface area contributed by atoms with Gasteiger partial charge in [0, 0.05) is 38.4 Å². The van der Waals surface area contributed by atoms with Crippen LogP contribution in [0.5, 0.6) is 5.75 Å². The maximum absolute atomic E-state index is 5.20. The Balaban J connectivity index is 0.00000320. The number of nitrogens with zero attached hydrogens (tertiary/aromatic N) is 3. The Morgan fingerprint density at radius 1 is 1.03 bits per heavy atom. The van der Waals surface area contributed by atoms with Gasteiger partial charge in [0.15, 0.2) is 5.96 Å². The van der Waals surface area contributed by atoms with E-state index in [1.165, 1.54) is 5.56 Å². The summed E-state index contributed by atoms with van der Waals surface area (Å²) < 4.78 is 7.39. The van der Waals surface area contributed by atoms with Crippen LogP contribution in [0.25, 0.3) is 0 Å². The summed E-state index contributed by atoms with van der Waals surface area (Å²) >= 11 is 0. The molecule has 0 saturated heterocycles. The van der Waals surface area contributed by atoms with Crippen molar-refractivity contribution in [2.24, 2.45) is 4.99 Å². The Hall–Kier alpha value is -2.55. The van der Waals surface area contributed by atoms with Gasteiger partial charge in [-0.05, 0) is 30.2 Å². The molecule has 0 radical (unpaired) electrons. The van der Waals surface area contributed by atoms with Gasteiger partial charge in [-0.2, -0.15) is 0 Å². The van der Waals surface area contributed by atoms with E-state index >= 15 is 0 Å². The molecule has 0 aliphatic carbocycles. The molecule has 0 aliphatic heterocycles. The number of imidazole rings is 1. The van der Waals surface area contributed by atoms with Gasteiger partial charge in [0.2, 0.25) is 0 Å². The second-order valence-electron chi connectivity index (χ2n) is 6.68. The lowest BCUT2D eigenvalue weighted by Crippen LogP contribution is -2.38. The summed E-state index contributed by atoms with van der Waals surface area (Å²) in [6.45, 7) is 5.10. The van der Waals surface area contributed by atoms with Gasteiger partial charge in [-0.3, -0.25) is 0 Å². The van der Waals surface area contributed by atoms with Crippen molar-refractivity contribution in [3.8, 4) is 5.75 Å². The molecule has 0 bridgehead atoms. The highest BCUT2D eigenvalue weighted by Gasteiger charge is 2.05. The fraction of sp³-hybridized carbons (Fsp3) is 0.304. The van der Waals surface area contributed by atoms with E-state index in [9.17, 15) is 0 Å². The van der Waals surface area contributed by atoms with Crippen LogP contribution in [0.15, 0.2) is 72.0 Å². The summed E-state index contributed by atoms with van der Waals surface area (Å²) in [6.07, 6.45) is 4.72. The van der Waals surface area contributed by atoms with Crippen LogP contribution in [0, 0.1) is 0 Å². The number of aromatic nitrogens is 2. The Morgan fingerprint density at radius 2 is 1.80 bits per heavy atom. The van der Waals surface area contributed by atoms with Crippen LogP contribution in [0.3, 0.4) is 0 Å². The smallest absolute Gasteiger partial charge is 0.191 e. The third-order valence-corrected chi connectivity index (χ3v) is 4.56. The minimum atomic E-state index is 0. The van der Waals surface area contributed by atoms with Crippen molar-refractivity contribution >= 4 is 29.9 Å². The lowest BCUT2D eigenvalue weighted by atomic mass is 10.2. The monoisotopic (exact) mass is 519 g/mol. The predicted molar refractivity (Wildman–Crippen MR) is 133 cm³/mol. The summed E-state index contributed by atoms with van der Waals surface area (Å²) in [4.78, 5) is 9.19. The van der Waals surface area contributed by atoms with Gasteiger partial charge < -0.3 is 19.9 Å². The first-order valence-electron chi connectivity index (χ1n) is 9.97. The van der Waals surface area contributed by atoms with Crippen LogP contribution in [-0.4, -0.2) is 35.7 Å². The van der Waals surface area contributed by atoms with Gasteiger partial charge in [0.1, 0.15) is 11.6 Å². The summed E-state index contributed by atoms with van der Waals surface area (Å²) in [7, 11) is 1.67. The molecule has 1 aromatic heterocycles. The van der Waals surface area contributed by atoms with E-state index in [4.69, 9.17) is 4.74 Å². The van der Waals surface area contributed by atoms with Crippen molar-refractivity contribution < 1.29 is 4.74 Å². The molecular formula is C23H30IN5O. The topological polar surface area (TPSA) is 63.5 Å². The molecular weight excluding hydrogens is 489 g/mol. The van der Waals surface area contributed by atoms with Crippen molar-refractivity contribution in [2.45, 2.75) is 26.4 Å². The maximum atomic E-state index is 5.20. The van der Waals surface area contributed by atoms with Crippen molar-refractivity contribution in [1.29, 1.82) is 0 Å². The molecule has 2 aromatic carbocycles. The number of halogens is 1. The van der Waals surface area contributed by atoms with Gasteiger partial charge in [-0.15, -0.1) is 24.0 Å². The molecule has 0 fully saturated rings. The second-order valence-corrected chi connectivity index (χ2v) is 6.68. The third-order valence-electron chi connectivity index (χ3n) is 4.56. The Bertz CT molecular complexity index is 893.